The van der Waals surface area contributed by atoms with Crippen LogP contribution >= 0.6 is 0 Å². The minimum absolute atomic E-state index is 0.0164. The van der Waals surface area contributed by atoms with Gasteiger partial charge in [-0.1, -0.05) is 26.7 Å². The van der Waals surface area contributed by atoms with Crippen LogP contribution in [0, 0.1) is 22.7 Å². The minimum atomic E-state index is 0.0164. The molecule has 0 saturated heterocycles. The number of pyridine rings is 1. The van der Waals surface area contributed by atoms with Crippen molar-refractivity contribution in [2.24, 2.45) is 17.1 Å². The second kappa shape index (κ2) is 6.09. The van der Waals surface area contributed by atoms with E-state index >= 15 is 0 Å². The van der Waals surface area contributed by atoms with Gasteiger partial charge in [-0.05, 0) is 42.9 Å². The van der Waals surface area contributed by atoms with Crippen LogP contribution in [0.1, 0.15) is 51.5 Å². The van der Waals surface area contributed by atoms with Gasteiger partial charge in [0, 0.05) is 23.5 Å². The summed E-state index contributed by atoms with van der Waals surface area (Å²) in [6, 6.07) is 6.05. The minimum Gasteiger partial charge on any atom is -0.400 e. The third-order valence-electron chi connectivity index (χ3n) is 4.28. The number of nitrogens with zero attached hydrogens (tertiary/aromatic N) is 2. The summed E-state index contributed by atoms with van der Waals surface area (Å²) in [5, 5.41) is 9.55. The summed E-state index contributed by atoms with van der Waals surface area (Å²) in [6.07, 6.45) is 9.12. The van der Waals surface area contributed by atoms with Crippen molar-refractivity contribution in [1.82, 2.24) is 4.98 Å². The summed E-state index contributed by atoms with van der Waals surface area (Å²) >= 11 is 0. The molecule has 0 bridgehead atoms. The highest BCUT2D eigenvalue weighted by Gasteiger charge is 2.38. The van der Waals surface area contributed by atoms with E-state index in [-0.39, 0.29) is 5.41 Å². The lowest BCUT2D eigenvalue weighted by Gasteiger charge is -2.32. The Hall–Kier alpha value is -1.82. The first-order valence-corrected chi connectivity index (χ1v) is 7.40. The van der Waals surface area contributed by atoms with Crippen LogP contribution in [0.25, 0.3) is 5.57 Å². The third-order valence-corrected chi connectivity index (χ3v) is 4.28. The number of hydrogen-bond donors (Lipinski definition) is 1. The summed E-state index contributed by atoms with van der Waals surface area (Å²) in [5.74, 6) is 0.587. The van der Waals surface area contributed by atoms with E-state index in [0.29, 0.717) is 11.5 Å². The van der Waals surface area contributed by atoms with Crippen LogP contribution in [-0.4, -0.2) is 4.98 Å². The Morgan fingerprint density at radius 1 is 1.35 bits per heavy atom. The maximum absolute atomic E-state index is 9.55. The topological polar surface area (TPSA) is 62.7 Å². The number of nitriles is 1. The van der Waals surface area contributed by atoms with Crippen molar-refractivity contribution in [3.8, 4) is 6.07 Å². The molecule has 0 amide bonds. The van der Waals surface area contributed by atoms with E-state index in [0.717, 1.165) is 30.5 Å². The summed E-state index contributed by atoms with van der Waals surface area (Å²) < 4.78 is 0. The summed E-state index contributed by atoms with van der Waals surface area (Å²) in [6.45, 7) is 4.46. The monoisotopic (exact) mass is 269 g/mol. The molecule has 1 aromatic heterocycles. The lowest BCUT2D eigenvalue weighted by molar-refractivity contribution is 0.288. The molecule has 20 heavy (non-hydrogen) atoms. The van der Waals surface area contributed by atoms with E-state index in [1.165, 1.54) is 12.8 Å². The van der Waals surface area contributed by atoms with Crippen LogP contribution in [0.4, 0.5) is 0 Å². The first kappa shape index (κ1) is 14.6. The number of rotatable bonds is 4. The second-order valence-corrected chi connectivity index (χ2v) is 6.22. The molecule has 1 fully saturated rings. The highest BCUT2D eigenvalue weighted by molar-refractivity contribution is 5.79. The Bertz CT molecular complexity index is 517. The largest absolute Gasteiger partial charge is 0.400 e. The Kier molecular flexibility index (Phi) is 4.44. The predicted molar refractivity (Wildman–Crippen MR) is 81.3 cm³/mol. The average molecular weight is 269 g/mol. The molecule has 1 saturated carbocycles. The van der Waals surface area contributed by atoms with Crippen LogP contribution in [0.2, 0.25) is 0 Å². The molecule has 1 aliphatic rings. The molecular formula is C17H23N3. The molecule has 2 N–H and O–H groups in total. The van der Waals surface area contributed by atoms with E-state index < -0.39 is 0 Å². The summed E-state index contributed by atoms with van der Waals surface area (Å²) in [7, 11) is 0. The van der Waals surface area contributed by atoms with Gasteiger partial charge in [0.15, 0.2) is 0 Å². The molecule has 3 heteroatoms. The van der Waals surface area contributed by atoms with Crippen molar-refractivity contribution >= 4 is 5.57 Å². The predicted octanol–water partition coefficient (Wildman–Crippen LogP) is 3.88. The molecule has 0 unspecified atom stereocenters. The zero-order valence-corrected chi connectivity index (χ0v) is 12.4. The van der Waals surface area contributed by atoms with Crippen molar-refractivity contribution in [3.63, 3.8) is 0 Å². The lowest BCUT2D eigenvalue weighted by atomic mass is 9.74. The fourth-order valence-corrected chi connectivity index (χ4v) is 3.48. The molecule has 0 radical (unpaired) electrons. The van der Waals surface area contributed by atoms with Gasteiger partial charge >= 0.3 is 0 Å². The van der Waals surface area contributed by atoms with E-state index in [2.05, 4.69) is 24.9 Å². The van der Waals surface area contributed by atoms with Crippen molar-refractivity contribution in [2.75, 3.05) is 0 Å². The summed E-state index contributed by atoms with van der Waals surface area (Å²) in [4.78, 5) is 4.01. The van der Waals surface area contributed by atoms with Crippen LogP contribution in [-0.2, 0) is 0 Å². The Morgan fingerprint density at radius 3 is 2.45 bits per heavy atom. The zero-order valence-electron chi connectivity index (χ0n) is 12.4. The van der Waals surface area contributed by atoms with E-state index in [9.17, 15) is 5.26 Å². The van der Waals surface area contributed by atoms with Gasteiger partial charge in [-0.3, -0.25) is 4.98 Å². The van der Waals surface area contributed by atoms with Crippen molar-refractivity contribution in [3.05, 3.63) is 35.8 Å². The Morgan fingerprint density at radius 2 is 1.95 bits per heavy atom. The molecule has 106 valence electrons. The van der Waals surface area contributed by atoms with Crippen LogP contribution in [0.3, 0.4) is 0 Å². The van der Waals surface area contributed by atoms with Gasteiger partial charge in [0.1, 0.15) is 6.07 Å². The molecule has 2 rings (SSSR count). The van der Waals surface area contributed by atoms with Gasteiger partial charge < -0.3 is 5.73 Å². The quantitative estimate of drug-likeness (QED) is 0.844. The van der Waals surface area contributed by atoms with Crippen LogP contribution in [0.5, 0.6) is 0 Å². The lowest BCUT2D eigenvalue weighted by Crippen LogP contribution is -2.28. The number of hydrogen-bond acceptors (Lipinski definition) is 3. The van der Waals surface area contributed by atoms with E-state index in [1.807, 2.05) is 12.1 Å². The molecule has 1 aliphatic carbocycles. The number of allylic oxidation sites excluding steroid dienone is 2. The van der Waals surface area contributed by atoms with Gasteiger partial charge in [-0.2, -0.15) is 5.26 Å². The highest BCUT2D eigenvalue weighted by atomic mass is 14.7. The molecule has 3 nitrogen and oxygen atoms in total. The molecule has 0 aromatic carbocycles. The first-order chi connectivity index (χ1) is 9.59. The van der Waals surface area contributed by atoms with Crippen molar-refractivity contribution < 1.29 is 0 Å². The van der Waals surface area contributed by atoms with Crippen LogP contribution < -0.4 is 5.73 Å². The first-order valence-electron chi connectivity index (χ1n) is 7.40. The van der Waals surface area contributed by atoms with E-state index in [1.54, 1.807) is 12.4 Å². The number of nitrogens with two attached hydrogens (primary N) is 1. The van der Waals surface area contributed by atoms with Gasteiger partial charge in [0.25, 0.3) is 0 Å². The maximum Gasteiger partial charge on any atom is 0.102 e. The normalized spacial score (nSPS) is 18.7. The smallest absolute Gasteiger partial charge is 0.102 e. The fourth-order valence-electron chi connectivity index (χ4n) is 3.48. The highest BCUT2D eigenvalue weighted by Crippen LogP contribution is 2.48. The van der Waals surface area contributed by atoms with Gasteiger partial charge in [0.05, 0.1) is 5.57 Å². The molecule has 0 atom stereocenters. The Labute approximate surface area is 121 Å². The van der Waals surface area contributed by atoms with Gasteiger partial charge in [-0.15, -0.1) is 0 Å². The standard InChI is InChI=1S/C17H23N3/c1-13(2)11-17(7-3-4-8-17)16(19)15(12-18)14-5-9-20-10-6-14/h5-6,9-10,13H,3-4,7-8,11,19H2,1-2H3/b16-15+. The third kappa shape index (κ3) is 2.85. The Balaban J connectivity index is 2.46. The number of aromatic nitrogens is 1. The maximum atomic E-state index is 9.55. The summed E-state index contributed by atoms with van der Waals surface area (Å²) in [5.41, 5.74) is 8.81. The molecule has 0 aliphatic heterocycles. The van der Waals surface area contributed by atoms with Gasteiger partial charge in [-0.25, -0.2) is 0 Å². The SMILES string of the molecule is CC(C)CC1(/C(N)=C(/C#N)c2ccncc2)CCCC1. The van der Waals surface area contributed by atoms with Crippen LogP contribution in [0.15, 0.2) is 30.2 Å². The van der Waals surface area contributed by atoms with Crippen molar-refractivity contribution in [2.45, 2.75) is 46.0 Å². The second-order valence-electron chi connectivity index (χ2n) is 6.22. The molecule has 1 aromatic rings. The van der Waals surface area contributed by atoms with E-state index in [4.69, 9.17) is 5.73 Å². The molecule has 0 spiro atoms. The van der Waals surface area contributed by atoms with Crippen molar-refractivity contribution in [1.29, 1.82) is 5.26 Å². The molecular weight excluding hydrogens is 246 g/mol. The zero-order chi connectivity index (χ0) is 14.6. The fraction of sp³-hybridized carbons (Fsp3) is 0.529. The molecule has 1 heterocycles. The van der Waals surface area contributed by atoms with Gasteiger partial charge in [0.2, 0.25) is 0 Å². The average Bonchev–Trinajstić information content (AvgIpc) is 2.89.